The van der Waals surface area contributed by atoms with Crippen LogP contribution in [-0.2, 0) is 11.3 Å². The molecule has 1 aromatic carbocycles. The van der Waals surface area contributed by atoms with Gasteiger partial charge in [-0.05, 0) is 29.8 Å². The molecule has 0 bridgehead atoms. The molecule has 1 N–H and O–H groups in total. The van der Waals surface area contributed by atoms with Gasteiger partial charge in [0, 0.05) is 17.8 Å². The zero-order valence-electron chi connectivity index (χ0n) is 15.0. The molecule has 0 spiro atoms. The first-order valence-electron chi connectivity index (χ1n) is 8.44. The molecule has 0 radical (unpaired) electrons. The largest absolute Gasteiger partial charge is 0.465 e. The molecule has 28 heavy (non-hydrogen) atoms. The Hall–Kier alpha value is -3.94. The van der Waals surface area contributed by atoms with E-state index in [9.17, 15) is 9.59 Å². The van der Waals surface area contributed by atoms with Crippen LogP contribution in [-0.4, -0.2) is 33.6 Å². The van der Waals surface area contributed by atoms with Crippen molar-refractivity contribution in [3.05, 3.63) is 71.9 Å². The molecule has 0 aliphatic carbocycles. The highest BCUT2D eigenvalue weighted by molar-refractivity contribution is 6.03. The van der Waals surface area contributed by atoms with Gasteiger partial charge in [-0.15, -0.1) is 0 Å². The molecule has 140 valence electrons. The first-order valence-corrected chi connectivity index (χ1v) is 8.44. The number of rotatable bonds is 5. The third-order valence-electron chi connectivity index (χ3n) is 4.28. The summed E-state index contributed by atoms with van der Waals surface area (Å²) < 4.78 is 12.1. The van der Waals surface area contributed by atoms with E-state index in [2.05, 4.69) is 22.0 Å². The topological polar surface area (TPSA) is 98.7 Å². The van der Waals surface area contributed by atoms with Gasteiger partial charge in [-0.25, -0.2) is 14.3 Å². The lowest BCUT2D eigenvalue weighted by Crippen LogP contribution is -2.22. The minimum absolute atomic E-state index is 0.141. The third-order valence-corrected chi connectivity index (χ3v) is 4.28. The SMILES string of the molecule is C=Cc1cc(C(=O)OC)c2oc(CNC(=O)c3cnn4cccnc34)cc2c1. The lowest BCUT2D eigenvalue weighted by molar-refractivity contribution is 0.0601. The van der Waals surface area contributed by atoms with Crippen molar-refractivity contribution in [1.29, 1.82) is 0 Å². The number of carbonyl (C=O) groups is 2. The van der Waals surface area contributed by atoms with Crippen LogP contribution in [0, 0.1) is 0 Å². The standard InChI is InChI=1S/C20H16N4O4/c1-3-12-7-13-9-14(28-17(13)15(8-12)20(26)27-2)10-22-19(25)16-11-23-24-6-4-5-21-18(16)24/h3-9,11H,1,10H2,2H3,(H,22,25). The van der Waals surface area contributed by atoms with Gasteiger partial charge >= 0.3 is 5.97 Å². The fourth-order valence-corrected chi connectivity index (χ4v) is 2.95. The highest BCUT2D eigenvalue weighted by atomic mass is 16.5. The van der Waals surface area contributed by atoms with Gasteiger partial charge in [0.1, 0.15) is 22.5 Å². The van der Waals surface area contributed by atoms with E-state index in [-0.39, 0.29) is 12.5 Å². The second-order valence-corrected chi connectivity index (χ2v) is 6.02. The Kier molecular flexibility index (Phi) is 4.36. The summed E-state index contributed by atoms with van der Waals surface area (Å²) in [5.74, 6) is -0.329. The smallest absolute Gasteiger partial charge is 0.341 e. The number of amides is 1. The van der Waals surface area contributed by atoms with Gasteiger partial charge in [0.15, 0.2) is 5.65 Å². The second-order valence-electron chi connectivity index (χ2n) is 6.02. The molecule has 1 amide bonds. The van der Waals surface area contributed by atoms with Crippen LogP contribution in [0.2, 0.25) is 0 Å². The van der Waals surface area contributed by atoms with Crippen LogP contribution >= 0.6 is 0 Å². The summed E-state index contributed by atoms with van der Waals surface area (Å²) >= 11 is 0. The summed E-state index contributed by atoms with van der Waals surface area (Å²) in [4.78, 5) is 28.7. The molecule has 0 aliphatic rings. The average Bonchev–Trinajstić information content (AvgIpc) is 3.34. The fourth-order valence-electron chi connectivity index (χ4n) is 2.95. The number of furan rings is 1. The van der Waals surface area contributed by atoms with Crippen molar-refractivity contribution in [2.75, 3.05) is 7.11 Å². The van der Waals surface area contributed by atoms with Crippen molar-refractivity contribution in [2.45, 2.75) is 6.54 Å². The van der Waals surface area contributed by atoms with Crippen LogP contribution in [0.3, 0.4) is 0 Å². The molecule has 4 rings (SSSR count). The molecular formula is C20H16N4O4. The summed E-state index contributed by atoms with van der Waals surface area (Å²) in [6.45, 7) is 3.87. The summed E-state index contributed by atoms with van der Waals surface area (Å²) in [5, 5.41) is 7.60. The van der Waals surface area contributed by atoms with E-state index in [1.807, 2.05) is 6.07 Å². The summed E-state index contributed by atoms with van der Waals surface area (Å²) in [6, 6.07) is 6.99. The van der Waals surface area contributed by atoms with Crippen LogP contribution in [0.15, 0.2) is 53.9 Å². The lowest BCUT2D eigenvalue weighted by Gasteiger charge is -2.03. The zero-order valence-corrected chi connectivity index (χ0v) is 15.0. The molecule has 8 nitrogen and oxygen atoms in total. The maximum Gasteiger partial charge on any atom is 0.341 e. The number of nitrogens with zero attached hydrogens (tertiary/aromatic N) is 3. The zero-order chi connectivity index (χ0) is 19.7. The Labute approximate surface area is 159 Å². The van der Waals surface area contributed by atoms with Crippen LogP contribution in [0.5, 0.6) is 0 Å². The number of esters is 1. The van der Waals surface area contributed by atoms with E-state index < -0.39 is 5.97 Å². The molecule has 3 heterocycles. The van der Waals surface area contributed by atoms with E-state index >= 15 is 0 Å². The Balaban J connectivity index is 1.60. The van der Waals surface area contributed by atoms with Crippen LogP contribution in [0.1, 0.15) is 32.0 Å². The predicted molar refractivity (Wildman–Crippen MR) is 102 cm³/mol. The maximum absolute atomic E-state index is 12.5. The number of nitrogens with one attached hydrogen (secondary N) is 1. The van der Waals surface area contributed by atoms with Gasteiger partial charge in [0.05, 0.1) is 19.9 Å². The normalized spacial score (nSPS) is 10.9. The van der Waals surface area contributed by atoms with E-state index in [1.54, 1.807) is 36.7 Å². The Bertz CT molecular complexity index is 1220. The Morgan fingerprint density at radius 3 is 2.96 bits per heavy atom. The maximum atomic E-state index is 12.5. The third kappa shape index (κ3) is 3.01. The van der Waals surface area contributed by atoms with Crippen LogP contribution < -0.4 is 5.32 Å². The first kappa shape index (κ1) is 17.5. The van der Waals surface area contributed by atoms with E-state index in [0.717, 1.165) is 10.9 Å². The number of aromatic nitrogens is 3. The van der Waals surface area contributed by atoms with Crippen LogP contribution in [0.25, 0.3) is 22.7 Å². The van der Waals surface area contributed by atoms with Crippen LogP contribution in [0.4, 0.5) is 0 Å². The fraction of sp³-hybridized carbons (Fsp3) is 0.100. The van der Waals surface area contributed by atoms with Crippen molar-refractivity contribution < 1.29 is 18.7 Å². The molecule has 0 saturated carbocycles. The van der Waals surface area contributed by atoms with Gasteiger partial charge in [0.2, 0.25) is 0 Å². The summed E-state index contributed by atoms with van der Waals surface area (Å²) in [7, 11) is 1.31. The number of hydrogen-bond acceptors (Lipinski definition) is 6. The molecule has 0 unspecified atom stereocenters. The monoisotopic (exact) mass is 376 g/mol. The number of benzene rings is 1. The van der Waals surface area contributed by atoms with Crippen molar-refractivity contribution in [3.63, 3.8) is 0 Å². The minimum Gasteiger partial charge on any atom is -0.465 e. The van der Waals surface area contributed by atoms with Crippen molar-refractivity contribution in [2.24, 2.45) is 0 Å². The molecule has 3 aromatic heterocycles. The number of ether oxygens (including phenoxy) is 1. The minimum atomic E-state index is -0.504. The Morgan fingerprint density at radius 2 is 2.18 bits per heavy atom. The van der Waals surface area contributed by atoms with E-state index in [0.29, 0.717) is 28.1 Å². The van der Waals surface area contributed by atoms with Gasteiger partial charge in [-0.2, -0.15) is 5.10 Å². The van der Waals surface area contributed by atoms with Crippen molar-refractivity contribution in [1.82, 2.24) is 19.9 Å². The molecule has 4 aromatic rings. The van der Waals surface area contributed by atoms with Gasteiger partial charge in [-0.1, -0.05) is 12.7 Å². The molecule has 8 heteroatoms. The predicted octanol–water partition coefficient (Wildman–Crippen LogP) is 2.84. The van der Waals surface area contributed by atoms with Crippen molar-refractivity contribution in [3.8, 4) is 0 Å². The van der Waals surface area contributed by atoms with Gasteiger partial charge in [-0.3, -0.25) is 4.79 Å². The van der Waals surface area contributed by atoms with E-state index in [1.165, 1.54) is 17.8 Å². The highest BCUT2D eigenvalue weighted by Crippen LogP contribution is 2.26. The molecule has 0 saturated heterocycles. The number of carbonyl (C=O) groups excluding carboxylic acids is 2. The number of fused-ring (bicyclic) bond motifs is 2. The molecule has 0 atom stereocenters. The lowest BCUT2D eigenvalue weighted by atomic mass is 10.1. The van der Waals surface area contributed by atoms with Crippen molar-refractivity contribution >= 4 is 34.6 Å². The summed E-state index contributed by atoms with van der Waals surface area (Å²) in [5.41, 5.74) is 2.30. The van der Waals surface area contributed by atoms with Gasteiger partial charge < -0.3 is 14.5 Å². The number of hydrogen-bond donors (Lipinski definition) is 1. The first-order chi connectivity index (χ1) is 13.6. The second kappa shape index (κ2) is 6.99. The quantitative estimate of drug-likeness (QED) is 0.538. The summed E-state index contributed by atoms with van der Waals surface area (Å²) in [6.07, 6.45) is 6.41. The number of methoxy groups -OCH3 is 1. The van der Waals surface area contributed by atoms with E-state index in [4.69, 9.17) is 9.15 Å². The Morgan fingerprint density at radius 1 is 1.32 bits per heavy atom. The average molecular weight is 376 g/mol. The molecule has 0 aliphatic heterocycles. The molecule has 0 fully saturated rings. The highest BCUT2D eigenvalue weighted by Gasteiger charge is 2.18. The van der Waals surface area contributed by atoms with Gasteiger partial charge in [0.25, 0.3) is 5.91 Å². The molecular weight excluding hydrogens is 360 g/mol.